The summed E-state index contributed by atoms with van der Waals surface area (Å²) in [4.78, 5) is 16.3. The maximum Gasteiger partial charge on any atom is 0.302 e. The zero-order valence-corrected chi connectivity index (χ0v) is 20.4. The van der Waals surface area contributed by atoms with Crippen LogP contribution < -0.4 is 0 Å². The summed E-state index contributed by atoms with van der Waals surface area (Å²) in [6, 6.07) is 4.13. The second-order valence-corrected chi connectivity index (χ2v) is 11.6. The van der Waals surface area contributed by atoms with E-state index in [-0.39, 0.29) is 28.9 Å². The van der Waals surface area contributed by atoms with Gasteiger partial charge in [-0.3, -0.25) is 4.79 Å². The third kappa shape index (κ3) is 5.55. The lowest BCUT2D eigenvalue weighted by Gasteiger charge is -2.31. The van der Waals surface area contributed by atoms with Gasteiger partial charge in [0.05, 0.1) is 11.0 Å². The summed E-state index contributed by atoms with van der Waals surface area (Å²) in [5.41, 5.74) is 1.57. The highest BCUT2D eigenvalue weighted by Gasteiger charge is 2.41. The van der Waals surface area contributed by atoms with Crippen molar-refractivity contribution >= 4 is 11.9 Å². The van der Waals surface area contributed by atoms with Crippen LogP contribution in [0.25, 0.3) is 0 Å². The molecule has 5 heteroatoms. The molecule has 30 heavy (non-hydrogen) atoms. The average Bonchev–Trinajstić information content (AvgIpc) is 2.93. The van der Waals surface area contributed by atoms with Crippen LogP contribution in [0.3, 0.4) is 0 Å². The topological polar surface area (TPSA) is 68.1 Å². The molecule has 0 fully saturated rings. The van der Waals surface area contributed by atoms with Crippen molar-refractivity contribution in [3.8, 4) is 5.75 Å². The minimum Gasteiger partial charge on any atom is -0.507 e. The summed E-state index contributed by atoms with van der Waals surface area (Å²) in [5.74, 6) is 0.656. The van der Waals surface area contributed by atoms with Crippen LogP contribution in [0.1, 0.15) is 85.9 Å². The van der Waals surface area contributed by atoms with Crippen molar-refractivity contribution in [2.24, 2.45) is 10.4 Å². The third-order valence-corrected chi connectivity index (χ3v) is 5.46. The largest absolute Gasteiger partial charge is 0.507 e. The van der Waals surface area contributed by atoms with E-state index >= 15 is 0 Å². The van der Waals surface area contributed by atoms with Gasteiger partial charge < -0.3 is 14.6 Å². The lowest BCUT2D eigenvalue weighted by Crippen LogP contribution is -2.36. The van der Waals surface area contributed by atoms with E-state index in [9.17, 15) is 9.90 Å². The summed E-state index contributed by atoms with van der Waals surface area (Å²) < 4.78 is 11.4. The summed E-state index contributed by atoms with van der Waals surface area (Å²) >= 11 is 0. The number of ether oxygens (including phenoxy) is 2. The molecule has 168 valence electrons. The quantitative estimate of drug-likeness (QED) is 0.660. The first-order valence-corrected chi connectivity index (χ1v) is 10.7. The Morgan fingerprint density at radius 3 is 1.97 bits per heavy atom. The van der Waals surface area contributed by atoms with E-state index in [2.05, 4.69) is 53.7 Å². The lowest BCUT2D eigenvalue weighted by molar-refractivity contribution is -0.143. The fourth-order valence-electron chi connectivity index (χ4n) is 3.73. The van der Waals surface area contributed by atoms with Crippen LogP contribution in [-0.2, 0) is 31.5 Å². The zero-order chi connectivity index (χ0) is 23.1. The van der Waals surface area contributed by atoms with Crippen LogP contribution in [0.2, 0.25) is 0 Å². The smallest absolute Gasteiger partial charge is 0.302 e. The molecule has 0 radical (unpaired) electrons. The van der Waals surface area contributed by atoms with Gasteiger partial charge in [-0.25, -0.2) is 4.99 Å². The van der Waals surface area contributed by atoms with Gasteiger partial charge >= 0.3 is 5.97 Å². The molecule has 0 aromatic heterocycles. The molecular formula is C25H39NO4. The monoisotopic (exact) mass is 417 g/mol. The normalized spacial score (nSPS) is 18.4. The minimum atomic E-state index is -0.597. The highest BCUT2D eigenvalue weighted by molar-refractivity contribution is 5.85. The number of rotatable bonds is 5. The Morgan fingerprint density at radius 1 is 1.10 bits per heavy atom. The molecule has 1 aromatic carbocycles. The number of esters is 1. The Balaban J connectivity index is 2.58. The van der Waals surface area contributed by atoms with Gasteiger partial charge in [-0.2, -0.15) is 0 Å². The Bertz CT molecular complexity index is 805. The first-order chi connectivity index (χ1) is 13.4. The Hall–Kier alpha value is -2.04. The van der Waals surface area contributed by atoms with Crippen molar-refractivity contribution in [3.63, 3.8) is 0 Å². The van der Waals surface area contributed by atoms with Crippen molar-refractivity contribution in [3.05, 3.63) is 28.8 Å². The summed E-state index contributed by atoms with van der Waals surface area (Å²) in [7, 11) is 0. The minimum absolute atomic E-state index is 0.188. The van der Waals surface area contributed by atoms with Crippen LogP contribution in [0.4, 0.5) is 0 Å². The molecule has 0 amide bonds. The van der Waals surface area contributed by atoms with Crippen molar-refractivity contribution in [2.45, 2.75) is 92.0 Å². The second-order valence-electron chi connectivity index (χ2n) is 11.6. The summed E-state index contributed by atoms with van der Waals surface area (Å²) in [5, 5.41) is 11.0. The summed E-state index contributed by atoms with van der Waals surface area (Å²) in [6.07, 6.45) is 0.585. The molecular weight excluding hydrogens is 378 g/mol. The first-order valence-electron chi connectivity index (χ1n) is 10.7. The van der Waals surface area contributed by atoms with Gasteiger partial charge in [-0.15, -0.1) is 0 Å². The number of hydrogen-bond acceptors (Lipinski definition) is 5. The van der Waals surface area contributed by atoms with Crippen LogP contribution in [0.15, 0.2) is 17.1 Å². The summed E-state index contributed by atoms with van der Waals surface area (Å²) in [6.45, 7) is 20.8. The second kappa shape index (κ2) is 7.90. The lowest BCUT2D eigenvalue weighted by atomic mass is 9.76. The molecule has 1 aliphatic rings. The Morgan fingerprint density at radius 2 is 1.60 bits per heavy atom. The van der Waals surface area contributed by atoms with Crippen molar-refractivity contribution in [1.82, 2.24) is 0 Å². The van der Waals surface area contributed by atoms with E-state index in [4.69, 9.17) is 14.5 Å². The molecule has 0 saturated heterocycles. The first kappa shape index (κ1) is 24.2. The number of nitrogens with zero attached hydrogens (tertiary/aromatic N) is 1. The Kier molecular flexibility index (Phi) is 6.38. The van der Waals surface area contributed by atoms with Gasteiger partial charge in [0.1, 0.15) is 19.0 Å². The molecule has 0 spiro atoms. The molecule has 0 saturated carbocycles. The third-order valence-electron chi connectivity index (χ3n) is 5.46. The molecule has 1 aliphatic heterocycles. The molecule has 1 unspecified atom stereocenters. The fourth-order valence-corrected chi connectivity index (χ4v) is 3.73. The molecule has 1 aromatic rings. The van der Waals surface area contributed by atoms with Gasteiger partial charge in [0.2, 0.25) is 0 Å². The molecule has 1 heterocycles. The number of phenolic OH excluding ortho intramolecular Hbond substituents is 1. The Labute approximate surface area is 181 Å². The number of phenols is 1. The van der Waals surface area contributed by atoms with Crippen LogP contribution >= 0.6 is 0 Å². The number of aliphatic imine (C=N–C) groups is 1. The van der Waals surface area contributed by atoms with Crippen LogP contribution in [0, 0.1) is 5.41 Å². The average molecular weight is 418 g/mol. The standard InChI is InChI=1S/C25H39NO4/c1-16(27)29-15-25(10,21-26-24(8,9)14-30-21)13-17-11-18(22(2,3)4)20(28)19(12-17)23(5,6)7/h11-12,28H,13-15H2,1-10H3. The number of carbonyl (C=O) groups excluding carboxylic acids is 1. The maximum absolute atomic E-state index is 11.6. The molecule has 2 rings (SSSR count). The van der Waals surface area contributed by atoms with E-state index < -0.39 is 5.41 Å². The van der Waals surface area contributed by atoms with Crippen LogP contribution in [0.5, 0.6) is 5.75 Å². The van der Waals surface area contributed by atoms with Crippen molar-refractivity contribution in [1.29, 1.82) is 0 Å². The number of aromatic hydroxyl groups is 1. The molecule has 0 aliphatic carbocycles. The number of benzene rings is 1. The fraction of sp³-hybridized carbons (Fsp3) is 0.680. The molecule has 1 N–H and O–H groups in total. The van der Waals surface area contributed by atoms with E-state index in [1.807, 2.05) is 20.8 Å². The van der Waals surface area contributed by atoms with Crippen LogP contribution in [-0.4, -0.2) is 35.7 Å². The number of hydrogen-bond donors (Lipinski definition) is 1. The predicted molar refractivity (Wildman–Crippen MR) is 121 cm³/mol. The highest BCUT2D eigenvalue weighted by Crippen LogP contribution is 2.41. The molecule has 1 atom stereocenters. The number of carbonyl (C=O) groups is 1. The maximum atomic E-state index is 11.6. The predicted octanol–water partition coefficient (Wildman–Crippen LogP) is 5.31. The van der Waals surface area contributed by atoms with Gasteiger partial charge in [0.25, 0.3) is 0 Å². The van der Waals surface area contributed by atoms with Gasteiger partial charge in [-0.05, 0) is 54.7 Å². The van der Waals surface area contributed by atoms with Gasteiger partial charge in [0, 0.05) is 6.92 Å². The van der Waals surface area contributed by atoms with Gasteiger partial charge in [-0.1, -0.05) is 53.7 Å². The van der Waals surface area contributed by atoms with E-state index in [0.717, 1.165) is 16.7 Å². The van der Waals surface area contributed by atoms with E-state index in [1.165, 1.54) is 6.92 Å². The van der Waals surface area contributed by atoms with Gasteiger partial charge in [0.15, 0.2) is 5.90 Å². The zero-order valence-electron chi connectivity index (χ0n) is 20.4. The molecule has 5 nitrogen and oxygen atoms in total. The van der Waals surface area contributed by atoms with E-state index in [1.54, 1.807) is 0 Å². The molecule has 0 bridgehead atoms. The van der Waals surface area contributed by atoms with Crippen molar-refractivity contribution < 1.29 is 19.4 Å². The van der Waals surface area contributed by atoms with Crippen molar-refractivity contribution in [2.75, 3.05) is 13.2 Å². The SMILES string of the molecule is CC(=O)OCC(C)(Cc1cc(C(C)(C)C)c(O)c(C(C)(C)C)c1)C1=NC(C)(C)CO1. The highest BCUT2D eigenvalue weighted by atomic mass is 16.5. The van der Waals surface area contributed by atoms with E-state index in [0.29, 0.717) is 24.7 Å².